The van der Waals surface area contributed by atoms with E-state index in [0.29, 0.717) is 13.0 Å². The van der Waals surface area contributed by atoms with Crippen LogP contribution in [0.2, 0.25) is 0 Å². The first kappa shape index (κ1) is 11.0. The Morgan fingerprint density at radius 3 is 2.43 bits per heavy atom. The quantitative estimate of drug-likeness (QED) is 0.603. The molecule has 1 heterocycles. The van der Waals surface area contributed by atoms with Crippen LogP contribution in [-0.4, -0.2) is 41.9 Å². The molecule has 0 bridgehead atoms. The topological polar surface area (TPSA) is 75.4 Å². The molecule has 5 nitrogen and oxygen atoms in total. The number of nitrogens with one attached hydrogen (secondary N) is 1. The molecule has 0 aromatic carbocycles. The molecule has 80 valence electrons. The summed E-state index contributed by atoms with van der Waals surface area (Å²) in [6.07, 6.45) is 0.700. The van der Waals surface area contributed by atoms with E-state index in [0.717, 1.165) is 0 Å². The summed E-state index contributed by atoms with van der Waals surface area (Å²) in [5.41, 5.74) is 4.79. The van der Waals surface area contributed by atoms with Crippen molar-refractivity contribution >= 4 is 11.8 Å². The highest BCUT2D eigenvalue weighted by molar-refractivity contribution is 5.94. The lowest BCUT2D eigenvalue weighted by atomic mass is 9.85. The molecule has 0 saturated carbocycles. The monoisotopic (exact) mass is 199 g/mol. The number of likely N-dealkylation sites (tertiary alicyclic amines) is 1. The fourth-order valence-electron chi connectivity index (χ4n) is 1.66. The van der Waals surface area contributed by atoms with Crippen molar-refractivity contribution in [2.24, 2.45) is 5.73 Å². The first-order valence-electron chi connectivity index (χ1n) is 4.72. The molecule has 14 heavy (non-hydrogen) atoms. The number of carbonyl (C=O) groups is 2. The van der Waals surface area contributed by atoms with Gasteiger partial charge in [-0.3, -0.25) is 9.59 Å². The second-order valence-electron chi connectivity index (χ2n) is 3.88. The molecule has 0 spiro atoms. The molecule has 1 rings (SSSR count). The van der Waals surface area contributed by atoms with Gasteiger partial charge in [-0.2, -0.15) is 0 Å². The maximum Gasteiger partial charge on any atom is 0.245 e. The van der Waals surface area contributed by atoms with E-state index in [9.17, 15) is 9.59 Å². The molecule has 0 aliphatic carbocycles. The van der Waals surface area contributed by atoms with Crippen LogP contribution in [0.1, 0.15) is 20.3 Å². The Labute approximate surface area is 83.6 Å². The zero-order valence-electron chi connectivity index (χ0n) is 8.83. The van der Waals surface area contributed by atoms with Crippen LogP contribution < -0.4 is 11.1 Å². The van der Waals surface area contributed by atoms with E-state index in [1.807, 2.05) is 0 Å². The van der Waals surface area contributed by atoms with Crippen molar-refractivity contribution in [1.29, 1.82) is 0 Å². The third-order valence-electron chi connectivity index (χ3n) is 2.79. The van der Waals surface area contributed by atoms with Crippen LogP contribution in [0.15, 0.2) is 0 Å². The van der Waals surface area contributed by atoms with Gasteiger partial charge in [-0.15, -0.1) is 0 Å². The van der Waals surface area contributed by atoms with Crippen molar-refractivity contribution in [2.45, 2.75) is 31.8 Å². The highest BCUT2D eigenvalue weighted by Crippen LogP contribution is 2.30. The van der Waals surface area contributed by atoms with E-state index in [-0.39, 0.29) is 11.8 Å². The molecular formula is C9H17N3O2. The van der Waals surface area contributed by atoms with Gasteiger partial charge in [0.2, 0.25) is 11.8 Å². The number of hydrogen-bond acceptors (Lipinski definition) is 3. The second-order valence-corrected chi connectivity index (χ2v) is 3.88. The molecule has 2 amide bonds. The Bertz CT molecular complexity index is 265. The van der Waals surface area contributed by atoms with Gasteiger partial charge in [0, 0.05) is 13.6 Å². The third-order valence-corrected chi connectivity index (χ3v) is 2.79. The predicted octanol–water partition coefficient (Wildman–Crippen LogP) is -0.929. The zero-order chi connectivity index (χ0) is 10.9. The van der Waals surface area contributed by atoms with Gasteiger partial charge in [0.15, 0.2) is 0 Å². The van der Waals surface area contributed by atoms with Gasteiger partial charge in [-0.25, -0.2) is 0 Å². The number of rotatable bonds is 2. The minimum Gasteiger partial charge on any atom is -0.357 e. The summed E-state index contributed by atoms with van der Waals surface area (Å²) in [6, 6.07) is -0.542. The van der Waals surface area contributed by atoms with Crippen LogP contribution in [-0.2, 0) is 9.59 Å². The summed E-state index contributed by atoms with van der Waals surface area (Å²) in [6.45, 7) is 4.00. The Morgan fingerprint density at radius 2 is 2.14 bits per heavy atom. The minimum absolute atomic E-state index is 0.127. The highest BCUT2D eigenvalue weighted by Gasteiger charge is 2.49. The lowest BCUT2D eigenvalue weighted by Gasteiger charge is -2.49. The summed E-state index contributed by atoms with van der Waals surface area (Å²) < 4.78 is 0. The third kappa shape index (κ3) is 1.48. The van der Waals surface area contributed by atoms with E-state index in [2.05, 4.69) is 5.32 Å². The molecule has 1 aliphatic heterocycles. The van der Waals surface area contributed by atoms with Crippen LogP contribution in [0.3, 0.4) is 0 Å². The van der Waals surface area contributed by atoms with Crippen LogP contribution in [0.4, 0.5) is 0 Å². The molecule has 1 saturated heterocycles. The van der Waals surface area contributed by atoms with Crippen LogP contribution in [0, 0.1) is 0 Å². The summed E-state index contributed by atoms with van der Waals surface area (Å²) in [7, 11) is 1.57. The Kier molecular flexibility index (Phi) is 2.80. The molecule has 0 aromatic heterocycles. The number of likely N-dealkylation sites (N-methyl/N-ethyl adjacent to an activating group) is 1. The standard InChI is InChI=1S/C9H17N3O2/c1-6(10)7(13)12-5-4-9(12,2)8(14)11-3/h6H,4-5,10H2,1-3H3,(H,11,14). The van der Waals surface area contributed by atoms with E-state index < -0.39 is 11.6 Å². The van der Waals surface area contributed by atoms with E-state index in [4.69, 9.17) is 5.73 Å². The van der Waals surface area contributed by atoms with Crippen molar-refractivity contribution in [3.05, 3.63) is 0 Å². The largest absolute Gasteiger partial charge is 0.357 e. The van der Waals surface area contributed by atoms with Gasteiger partial charge in [-0.05, 0) is 20.3 Å². The Balaban J connectivity index is 2.75. The van der Waals surface area contributed by atoms with Crippen molar-refractivity contribution in [3.8, 4) is 0 Å². The lowest BCUT2D eigenvalue weighted by molar-refractivity contribution is -0.157. The first-order chi connectivity index (χ1) is 6.43. The SMILES string of the molecule is CNC(=O)C1(C)CCN1C(=O)C(C)N. The molecule has 2 atom stereocenters. The molecule has 2 unspecified atom stereocenters. The highest BCUT2D eigenvalue weighted by atomic mass is 16.2. The summed E-state index contributed by atoms with van der Waals surface area (Å²) in [4.78, 5) is 24.6. The molecule has 5 heteroatoms. The Hall–Kier alpha value is -1.10. The second kappa shape index (κ2) is 3.57. The van der Waals surface area contributed by atoms with E-state index in [1.165, 1.54) is 4.90 Å². The van der Waals surface area contributed by atoms with Crippen molar-refractivity contribution in [3.63, 3.8) is 0 Å². The van der Waals surface area contributed by atoms with Gasteiger partial charge in [0.05, 0.1) is 6.04 Å². The fraction of sp³-hybridized carbons (Fsp3) is 0.778. The molecule has 1 fully saturated rings. The smallest absolute Gasteiger partial charge is 0.245 e. The molecule has 0 aromatic rings. The van der Waals surface area contributed by atoms with Gasteiger partial charge in [0.25, 0.3) is 0 Å². The van der Waals surface area contributed by atoms with Gasteiger partial charge >= 0.3 is 0 Å². The number of nitrogens with two attached hydrogens (primary N) is 1. The Morgan fingerprint density at radius 1 is 1.57 bits per heavy atom. The normalized spacial score (nSPS) is 27.9. The fourth-order valence-corrected chi connectivity index (χ4v) is 1.66. The van der Waals surface area contributed by atoms with E-state index >= 15 is 0 Å². The van der Waals surface area contributed by atoms with Crippen LogP contribution in [0.5, 0.6) is 0 Å². The summed E-state index contributed by atoms with van der Waals surface area (Å²) in [5.74, 6) is -0.292. The average Bonchev–Trinajstić information content (AvgIpc) is 2.13. The number of amides is 2. The molecule has 0 radical (unpaired) electrons. The maximum atomic E-state index is 11.6. The molecular weight excluding hydrogens is 182 g/mol. The zero-order valence-corrected chi connectivity index (χ0v) is 8.83. The van der Waals surface area contributed by atoms with Gasteiger partial charge < -0.3 is 16.0 Å². The number of nitrogens with zero attached hydrogens (tertiary/aromatic N) is 1. The van der Waals surface area contributed by atoms with Crippen LogP contribution >= 0.6 is 0 Å². The van der Waals surface area contributed by atoms with Crippen molar-refractivity contribution < 1.29 is 9.59 Å². The van der Waals surface area contributed by atoms with Crippen molar-refractivity contribution in [2.75, 3.05) is 13.6 Å². The van der Waals surface area contributed by atoms with Gasteiger partial charge in [-0.1, -0.05) is 0 Å². The van der Waals surface area contributed by atoms with Crippen molar-refractivity contribution in [1.82, 2.24) is 10.2 Å². The summed E-state index contributed by atoms with van der Waals surface area (Å²) >= 11 is 0. The number of hydrogen-bond donors (Lipinski definition) is 2. The minimum atomic E-state index is -0.695. The first-order valence-corrected chi connectivity index (χ1v) is 4.72. The maximum absolute atomic E-state index is 11.6. The lowest BCUT2D eigenvalue weighted by Crippen LogP contribution is -2.69. The van der Waals surface area contributed by atoms with Gasteiger partial charge in [0.1, 0.15) is 5.54 Å². The predicted molar refractivity (Wildman–Crippen MR) is 52.5 cm³/mol. The number of carbonyl (C=O) groups excluding carboxylic acids is 2. The van der Waals surface area contributed by atoms with Crippen LogP contribution in [0.25, 0.3) is 0 Å². The summed E-state index contributed by atoms with van der Waals surface area (Å²) in [5, 5.41) is 2.56. The van der Waals surface area contributed by atoms with E-state index in [1.54, 1.807) is 20.9 Å². The molecule has 3 N–H and O–H groups in total. The average molecular weight is 199 g/mol. The molecule has 1 aliphatic rings.